The molecule has 0 aliphatic heterocycles. The van der Waals surface area contributed by atoms with Crippen LogP contribution in [0.15, 0.2) is 46.9 Å². The lowest BCUT2D eigenvalue weighted by Gasteiger charge is -2.12. The van der Waals surface area contributed by atoms with Crippen LogP contribution in [-0.2, 0) is 4.74 Å². The van der Waals surface area contributed by atoms with E-state index in [0.29, 0.717) is 16.9 Å². The Bertz CT molecular complexity index is 716. The summed E-state index contributed by atoms with van der Waals surface area (Å²) in [5, 5.41) is 5.40. The molecule has 5 nitrogen and oxygen atoms in total. The summed E-state index contributed by atoms with van der Waals surface area (Å²) in [6, 6.07) is 11.8. The standard InChI is InChI=1S/C16H15BrN2O3/c1-10-9-11(17)7-8-13(10)18-16(21)19-14-6-4-3-5-12(14)15(20)22-2/h3-9H,1-2H3,(H2,18,19,21). The molecule has 0 unspecified atom stereocenters. The van der Waals surface area contributed by atoms with Gasteiger partial charge in [-0.05, 0) is 42.8 Å². The van der Waals surface area contributed by atoms with Gasteiger partial charge in [-0.2, -0.15) is 0 Å². The lowest BCUT2D eigenvalue weighted by atomic mass is 10.2. The van der Waals surface area contributed by atoms with Gasteiger partial charge in [-0.3, -0.25) is 0 Å². The summed E-state index contributed by atoms with van der Waals surface area (Å²) < 4.78 is 5.63. The third-order valence-electron chi connectivity index (χ3n) is 3.02. The number of hydrogen-bond acceptors (Lipinski definition) is 3. The lowest BCUT2D eigenvalue weighted by Crippen LogP contribution is -2.21. The highest BCUT2D eigenvalue weighted by Gasteiger charge is 2.13. The summed E-state index contributed by atoms with van der Waals surface area (Å²) >= 11 is 3.37. The van der Waals surface area contributed by atoms with E-state index >= 15 is 0 Å². The number of anilines is 2. The van der Waals surface area contributed by atoms with Crippen LogP contribution in [-0.4, -0.2) is 19.1 Å². The molecule has 114 valence electrons. The van der Waals surface area contributed by atoms with Crippen LogP contribution < -0.4 is 10.6 Å². The molecular weight excluding hydrogens is 348 g/mol. The van der Waals surface area contributed by atoms with Crippen LogP contribution in [0.5, 0.6) is 0 Å². The molecule has 0 bridgehead atoms. The van der Waals surface area contributed by atoms with E-state index in [1.807, 2.05) is 19.1 Å². The fourth-order valence-electron chi connectivity index (χ4n) is 1.92. The second-order valence-corrected chi connectivity index (χ2v) is 5.49. The van der Waals surface area contributed by atoms with Gasteiger partial charge in [0.1, 0.15) is 0 Å². The van der Waals surface area contributed by atoms with Gasteiger partial charge in [-0.15, -0.1) is 0 Å². The van der Waals surface area contributed by atoms with E-state index in [4.69, 9.17) is 4.74 Å². The van der Waals surface area contributed by atoms with Crippen LogP contribution in [0.4, 0.5) is 16.2 Å². The van der Waals surface area contributed by atoms with E-state index in [1.165, 1.54) is 7.11 Å². The van der Waals surface area contributed by atoms with Crippen molar-refractivity contribution in [2.24, 2.45) is 0 Å². The Hall–Kier alpha value is -2.34. The van der Waals surface area contributed by atoms with Crippen molar-refractivity contribution in [2.45, 2.75) is 6.92 Å². The number of halogens is 1. The van der Waals surface area contributed by atoms with Crippen molar-refractivity contribution < 1.29 is 14.3 Å². The van der Waals surface area contributed by atoms with Crippen LogP contribution in [0.1, 0.15) is 15.9 Å². The molecule has 0 spiro atoms. The summed E-state index contributed by atoms with van der Waals surface area (Å²) in [5.74, 6) is -0.504. The largest absolute Gasteiger partial charge is 0.465 e. The zero-order chi connectivity index (χ0) is 16.1. The molecule has 0 fully saturated rings. The molecule has 2 rings (SSSR count). The van der Waals surface area contributed by atoms with Gasteiger partial charge in [0.05, 0.1) is 18.4 Å². The van der Waals surface area contributed by atoms with E-state index in [9.17, 15) is 9.59 Å². The van der Waals surface area contributed by atoms with E-state index in [2.05, 4.69) is 26.6 Å². The van der Waals surface area contributed by atoms with Crippen molar-refractivity contribution in [3.63, 3.8) is 0 Å². The predicted molar refractivity (Wildman–Crippen MR) is 89.3 cm³/mol. The maximum atomic E-state index is 12.1. The van der Waals surface area contributed by atoms with Gasteiger partial charge in [0.2, 0.25) is 0 Å². The molecule has 0 atom stereocenters. The van der Waals surface area contributed by atoms with E-state index < -0.39 is 12.0 Å². The number of urea groups is 1. The van der Waals surface area contributed by atoms with Crippen LogP contribution >= 0.6 is 15.9 Å². The van der Waals surface area contributed by atoms with Crippen LogP contribution in [0, 0.1) is 6.92 Å². The topological polar surface area (TPSA) is 67.4 Å². The first-order valence-electron chi connectivity index (χ1n) is 6.52. The molecule has 2 N–H and O–H groups in total. The van der Waals surface area contributed by atoms with E-state index in [0.717, 1.165) is 10.0 Å². The third kappa shape index (κ3) is 3.85. The first kappa shape index (κ1) is 16.0. The number of carbonyl (C=O) groups excluding carboxylic acids is 2. The fraction of sp³-hybridized carbons (Fsp3) is 0.125. The average molecular weight is 363 g/mol. The second-order valence-electron chi connectivity index (χ2n) is 4.58. The molecular formula is C16H15BrN2O3. The Morgan fingerprint density at radius 1 is 1.05 bits per heavy atom. The summed E-state index contributed by atoms with van der Waals surface area (Å²) in [5.41, 5.74) is 2.30. The first-order chi connectivity index (χ1) is 10.5. The Morgan fingerprint density at radius 3 is 2.41 bits per heavy atom. The van der Waals surface area contributed by atoms with Gasteiger partial charge in [-0.1, -0.05) is 28.1 Å². The van der Waals surface area contributed by atoms with Crippen LogP contribution in [0.3, 0.4) is 0 Å². The number of esters is 1. The quantitative estimate of drug-likeness (QED) is 0.804. The number of hydrogen-bond donors (Lipinski definition) is 2. The number of para-hydroxylation sites is 1. The van der Waals surface area contributed by atoms with Crippen molar-refractivity contribution >= 4 is 39.3 Å². The number of nitrogens with one attached hydrogen (secondary N) is 2. The zero-order valence-electron chi connectivity index (χ0n) is 12.1. The van der Waals surface area contributed by atoms with Gasteiger partial charge in [0.15, 0.2) is 0 Å². The predicted octanol–water partition coefficient (Wildman–Crippen LogP) is 4.19. The van der Waals surface area contributed by atoms with Crippen LogP contribution in [0.25, 0.3) is 0 Å². The molecule has 0 heterocycles. The molecule has 0 aliphatic rings. The minimum atomic E-state index is -0.504. The van der Waals surface area contributed by atoms with Crippen molar-refractivity contribution in [1.82, 2.24) is 0 Å². The zero-order valence-corrected chi connectivity index (χ0v) is 13.7. The van der Waals surface area contributed by atoms with Gasteiger partial charge in [-0.25, -0.2) is 9.59 Å². The number of benzene rings is 2. The lowest BCUT2D eigenvalue weighted by molar-refractivity contribution is 0.0602. The summed E-state index contributed by atoms with van der Waals surface area (Å²) in [7, 11) is 1.30. The number of aryl methyl sites for hydroxylation is 1. The number of ether oxygens (including phenoxy) is 1. The van der Waals surface area contributed by atoms with Gasteiger partial charge < -0.3 is 15.4 Å². The smallest absolute Gasteiger partial charge is 0.339 e. The maximum Gasteiger partial charge on any atom is 0.339 e. The van der Waals surface area contributed by atoms with Crippen molar-refractivity contribution in [3.05, 3.63) is 58.1 Å². The molecule has 0 aromatic heterocycles. The molecule has 6 heteroatoms. The van der Waals surface area contributed by atoms with Crippen molar-refractivity contribution in [1.29, 1.82) is 0 Å². The minimum Gasteiger partial charge on any atom is -0.465 e. The van der Waals surface area contributed by atoms with Crippen molar-refractivity contribution in [3.8, 4) is 0 Å². The van der Waals surface area contributed by atoms with Crippen LogP contribution in [0.2, 0.25) is 0 Å². The monoisotopic (exact) mass is 362 g/mol. The molecule has 2 aromatic rings. The number of carbonyl (C=O) groups is 2. The Morgan fingerprint density at radius 2 is 1.73 bits per heavy atom. The molecule has 22 heavy (non-hydrogen) atoms. The van der Waals surface area contributed by atoms with Crippen molar-refractivity contribution in [2.75, 3.05) is 17.7 Å². The highest BCUT2D eigenvalue weighted by atomic mass is 79.9. The number of amides is 2. The molecule has 0 aliphatic carbocycles. The van der Waals surface area contributed by atoms with Gasteiger partial charge in [0, 0.05) is 10.2 Å². The average Bonchev–Trinajstić information content (AvgIpc) is 2.50. The SMILES string of the molecule is COC(=O)c1ccccc1NC(=O)Nc1ccc(Br)cc1C. The highest BCUT2D eigenvalue weighted by Crippen LogP contribution is 2.21. The van der Waals surface area contributed by atoms with Gasteiger partial charge in [0.25, 0.3) is 0 Å². The number of rotatable bonds is 3. The second kappa shape index (κ2) is 7.09. The Balaban J connectivity index is 2.14. The molecule has 0 radical (unpaired) electrons. The molecule has 2 aromatic carbocycles. The van der Waals surface area contributed by atoms with Gasteiger partial charge >= 0.3 is 12.0 Å². The summed E-state index contributed by atoms with van der Waals surface area (Å²) in [6.45, 7) is 1.89. The number of methoxy groups -OCH3 is 1. The first-order valence-corrected chi connectivity index (χ1v) is 7.32. The van der Waals surface area contributed by atoms with E-state index in [1.54, 1.807) is 30.3 Å². The highest BCUT2D eigenvalue weighted by molar-refractivity contribution is 9.10. The summed E-state index contributed by atoms with van der Waals surface area (Å²) in [6.07, 6.45) is 0. The molecule has 2 amide bonds. The Kier molecular flexibility index (Phi) is 5.16. The minimum absolute atomic E-state index is 0.299. The normalized spacial score (nSPS) is 9.95. The Labute approximate surface area is 136 Å². The molecule has 0 saturated carbocycles. The summed E-state index contributed by atoms with van der Waals surface area (Å²) in [4.78, 5) is 23.8. The fourth-order valence-corrected chi connectivity index (χ4v) is 2.40. The van der Waals surface area contributed by atoms with E-state index in [-0.39, 0.29) is 0 Å². The third-order valence-corrected chi connectivity index (χ3v) is 3.51. The maximum absolute atomic E-state index is 12.1. The molecule has 0 saturated heterocycles.